The molecule has 0 aliphatic carbocycles. The maximum absolute atomic E-state index is 14.0. The van der Waals surface area contributed by atoms with E-state index in [0.717, 1.165) is 66.3 Å². The number of ether oxygens (including phenoxy) is 5. The molecule has 81 heavy (non-hydrogen) atoms. The molecule has 434 valence electrons. The van der Waals surface area contributed by atoms with Gasteiger partial charge in [-0.05, 0) is 138 Å². The molecule has 0 amide bonds. The number of unbranched alkanes of at least 4 members (excludes halogenated alkanes) is 21. The number of azo groups is 1. The summed E-state index contributed by atoms with van der Waals surface area (Å²) in [6.07, 6.45) is 29.3. The van der Waals surface area contributed by atoms with Crippen molar-refractivity contribution < 1.29 is 33.3 Å². The van der Waals surface area contributed by atoms with E-state index >= 15 is 0 Å². The number of hydrogen-bond donors (Lipinski definition) is 2. The van der Waals surface area contributed by atoms with Crippen LogP contribution in [0.4, 0.5) is 22.7 Å². The topological polar surface area (TPSA) is 157 Å². The Morgan fingerprint density at radius 1 is 0.395 bits per heavy atom. The Morgan fingerprint density at radius 3 is 1.25 bits per heavy atom. The molecule has 0 radical (unpaired) electrons. The number of nitrogen functional groups attached to an aromatic ring is 2. The lowest BCUT2D eigenvalue weighted by Crippen LogP contribution is -2.12. The van der Waals surface area contributed by atoms with Crippen molar-refractivity contribution in [1.82, 2.24) is 0 Å². The van der Waals surface area contributed by atoms with Crippen LogP contribution >= 0.6 is 0 Å². The molecule has 0 atom stereocenters. The van der Waals surface area contributed by atoms with E-state index in [1.54, 1.807) is 36.4 Å². The Hall–Kier alpha value is -7.14. The number of anilines is 2. The van der Waals surface area contributed by atoms with Crippen LogP contribution in [-0.2, 0) is 11.2 Å². The van der Waals surface area contributed by atoms with E-state index in [1.807, 2.05) is 91.0 Å². The molecule has 11 heteroatoms. The SMILES string of the molecule is CCCCCCCCCCOc1cc(C(=O)Oc2ccc(N=Nc3ccc(CCOC(=O)c4cc(-c5cccc(N)c5)cc(-c5cccc(N)c5)c4)cc3)cc2)cc(OCCCCCCCCCC)c1OCCCCCCCCCC. The third-order valence-electron chi connectivity index (χ3n) is 14.5. The second-order valence-electron chi connectivity index (χ2n) is 21.5. The number of rotatable bonds is 40. The summed E-state index contributed by atoms with van der Waals surface area (Å²) in [6, 6.07) is 38.9. The number of benzene rings is 6. The first-order chi connectivity index (χ1) is 39.7. The number of carbonyl (C=O) groups is 2. The van der Waals surface area contributed by atoms with Gasteiger partial charge in [-0.3, -0.25) is 0 Å². The maximum atomic E-state index is 14.0. The Morgan fingerprint density at radius 2 is 0.802 bits per heavy atom. The van der Waals surface area contributed by atoms with Crippen molar-refractivity contribution in [1.29, 1.82) is 0 Å². The van der Waals surface area contributed by atoms with Crippen LogP contribution in [0, 0.1) is 0 Å². The molecular weight excluding hydrogens is 1010 g/mol. The molecule has 11 nitrogen and oxygen atoms in total. The standard InChI is InChI=1S/C70H92N4O7/c1-4-7-10-13-16-19-22-25-43-77-66-52-60(53-67(78-44-26-23-20-17-14-11-8-5-2)68(66)79-45-27-24-21-18-15-12-9-6-3)70(76)81-65-40-38-64(39-41-65)74-73-63-36-34-54(35-37-63)42-46-80-69(75)59-48-57(55-30-28-32-61(71)50-55)47-58(49-59)56-31-29-33-62(72)51-56/h28-41,47-53H,4-27,42-46,71-72H2,1-3H3. The first-order valence-electron chi connectivity index (χ1n) is 30.7. The van der Waals surface area contributed by atoms with Crippen molar-refractivity contribution in [2.24, 2.45) is 10.2 Å². The van der Waals surface area contributed by atoms with Gasteiger partial charge in [0.15, 0.2) is 11.5 Å². The number of nitrogens with two attached hydrogens (primary N) is 2. The van der Waals surface area contributed by atoms with Gasteiger partial charge in [-0.2, -0.15) is 10.2 Å². The van der Waals surface area contributed by atoms with Crippen molar-refractivity contribution >= 4 is 34.7 Å². The fourth-order valence-electron chi connectivity index (χ4n) is 9.75. The third-order valence-corrected chi connectivity index (χ3v) is 14.5. The average molecular weight is 1100 g/mol. The highest BCUT2D eigenvalue weighted by atomic mass is 16.5. The summed E-state index contributed by atoms with van der Waals surface area (Å²) < 4.78 is 31.3. The Kier molecular flexibility index (Phi) is 28.8. The van der Waals surface area contributed by atoms with Crippen LogP contribution in [0.3, 0.4) is 0 Å². The Bertz CT molecular complexity index is 2690. The van der Waals surface area contributed by atoms with Gasteiger partial charge in [0, 0.05) is 17.8 Å². The summed E-state index contributed by atoms with van der Waals surface area (Å²) in [5.41, 5.74) is 20.0. The van der Waals surface area contributed by atoms with Crippen molar-refractivity contribution in [2.45, 2.75) is 181 Å². The molecule has 0 fully saturated rings. The van der Waals surface area contributed by atoms with Crippen LogP contribution in [-0.4, -0.2) is 38.4 Å². The summed E-state index contributed by atoms with van der Waals surface area (Å²) in [5, 5.41) is 8.89. The number of esters is 2. The summed E-state index contributed by atoms with van der Waals surface area (Å²) >= 11 is 0. The lowest BCUT2D eigenvalue weighted by atomic mass is 9.95. The van der Waals surface area contributed by atoms with Crippen LogP contribution in [0.15, 0.2) is 138 Å². The van der Waals surface area contributed by atoms with E-state index < -0.39 is 11.9 Å². The summed E-state index contributed by atoms with van der Waals surface area (Å²) in [6.45, 7) is 8.53. The van der Waals surface area contributed by atoms with Gasteiger partial charge in [0.25, 0.3) is 0 Å². The zero-order chi connectivity index (χ0) is 57.1. The van der Waals surface area contributed by atoms with Crippen molar-refractivity contribution in [3.05, 3.63) is 144 Å². The number of nitrogens with zero attached hydrogens (tertiary/aromatic N) is 2. The minimum absolute atomic E-state index is 0.189. The molecule has 0 spiro atoms. The average Bonchev–Trinajstić information content (AvgIpc) is 3.53. The predicted octanol–water partition coefficient (Wildman–Crippen LogP) is 19.8. The van der Waals surface area contributed by atoms with E-state index in [9.17, 15) is 9.59 Å². The van der Waals surface area contributed by atoms with Crippen molar-refractivity contribution in [3.8, 4) is 45.3 Å². The molecule has 0 aliphatic rings. The molecule has 0 aliphatic heterocycles. The fraction of sp³-hybridized carbons (Fsp3) is 0.457. The third kappa shape index (κ3) is 23.5. The highest BCUT2D eigenvalue weighted by Crippen LogP contribution is 2.40. The highest BCUT2D eigenvalue weighted by Gasteiger charge is 2.21. The number of carbonyl (C=O) groups excluding carboxylic acids is 2. The zero-order valence-electron chi connectivity index (χ0n) is 49.0. The molecule has 6 aromatic carbocycles. The molecule has 0 unspecified atom stereocenters. The van der Waals surface area contributed by atoms with Crippen molar-refractivity contribution in [3.63, 3.8) is 0 Å². The quantitative estimate of drug-likeness (QED) is 0.0126. The van der Waals surface area contributed by atoms with Gasteiger partial charge < -0.3 is 35.2 Å². The smallest absolute Gasteiger partial charge is 0.343 e. The minimum atomic E-state index is -0.519. The van der Waals surface area contributed by atoms with Gasteiger partial charge in [0.2, 0.25) is 5.75 Å². The molecular formula is C70H92N4O7. The second kappa shape index (κ2) is 37.0. The molecule has 4 N–H and O–H groups in total. The van der Waals surface area contributed by atoms with E-state index in [-0.39, 0.29) is 6.61 Å². The Balaban J connectivity index is 1.06. The van der Waals surface area contributed by atoms with Gasteiger partial charge in [0.1, 0.15) is 5.75 Å². The van der Waals surface area contributed by atoms with Crippen LogP contribution < -0.4 is 30.4 Å². The summed E-state index contributed by atoms with van der Waals surface area (Å²) in [5.74, 6) is 1.03. The second-order valence-corrected chi connectivity index (χ2v) is 21.5. The monoisotopic (exact) mass is 1100 g/mol. The van der Waals surface area contributed by atoms with E-state index in [4.69, 9.17) is 35.2 Å². The first kappa shape index (κ1) is 63.0. The molecule has 6 rings (SSSR count). The zero-order valence-corrected chi connectivity index (χ0v) is 49.0. The molecule has 0 bridgehead atoms. The summed E-state index contributed by atoms with van der Waals surface area (Å²) in [4.78, 5) is 27.5. The van der Waals surface area contributed by atoms with Gasteiger partial charge in [-0.15, -0.1) is 0 Å². The molecule has 0 saturated heterocycles. The molecule has 0 heterocycles. The van der Waals surface area contributed by atoms with Crippen LogP contribution in [0.1, 0.15) is 201 Å². The summed E-state index contributed by atoms with van der Waals surface area (Å²) in [7, 11) is 0. The molecule has 6 aromatic rings. The predicted molar refractivity (Wildman–Crippen MR) is 333 cm³/mol. The van der Waals surface area contributed by atoms with E-state index in [0.29, 0.717) is 83.1 Å². The maximum Gasteiger partial charge on any atom is 0.343 e. The van der Waals surface area contributed by atoms with Crippen LogP contribution in [0.2, 0.25) is 0 Å². The molecule has 0 saturated carbocycles. The lowest BCUT2D eigenvalue weighted by molar-refractivity contribution is 0.0509. The first-order valence-corrected chi connectivity index (χ1v) is 30.7. The Labute approximate surface area is 484 Å². The van der Waals surface area contributed by atoms with Crippen LogP contribution in [0.5, 0.6) is 23.0 Å². The van der Waals surface area contributed by atoms with Crippen molar-refractivity contribution in [2.75, 3.05) is 37.9 Å². The highest BCUT2D eigenvalue weighted by molar-refractivity contribution is 5.94. The minimum Gasteiger partial charge on any atom is -0.490 e. The van der Waals surface area contributed by atoms with Crippen LogP contribution in [0.25, 0.3) is 22.3 Å². The lowest BCUT2D eigenvalue weighted by Gasteiger charge is -2.19. The van der Waals surface area contributed by atoms with E-state index in [1.165, 1.54) is 116 Å². The van der Waals surface area contributed by atoms with Gasteiger partial charge in [-0.1, -0.05) is 192 Å². The fourth-order valence-corrected chi connectivity index (χ4v) is 9.75. The molecule has 0 aromatic heterocycles. The largest absolute Gasteiger partial charge is 0.490 e. The van der Waals surface area contributed by atoms with Gasteiger partial charge in [-0.25, -0.2) is 9.59 Å². The van der Waals surface area contributed by atoms with Gasteiger partial charge in [0.05, 0.1) is 48.9 Å². The number of hydrogen-bond acceptors (Lipinski definition) is 11. The normalized spacial score (nSPS) is 11.2. The van der Waals surface area contributed by atoms with Gasteiger partial charge >= 0.3 is 11.9 Å². The van der Waals surface area contributed by atoms with E-state index in [2.05, 4.69) is 31.0 Å².